The minimum absolute atomic E-state index is 0.0245. The van der Waals surface area contributed by atoms with E-state index in [-0.39, 0.29) is 11.5 Å². The van der Waals surface area contributed by atoms with Crippen LogP contribution in [0.1, 0.15) is 35.6 Å². The van der Waals surface area contributed by atoms with Gasteiger partial charge in [-0.25, -0.2) is 13.4 Å². The predicted molar refractivity (Wildman–Crippen MR) is 108 cm³/mol. The lowest BCUT2D eigenvalue weighted by atomic mass is 10.1. The highest BCUT2D eigenvalue weighted by molar-refractivity contribution is 7.89. The van der Waals surface area contributed by atoms with E-state index in [4.69, 9.17) is 0 Å². The molecule has 0 unspecified atom stereocenters. The smallest absolute Gasteiger partial charge is 0.158 e. The lowest BCUT2D eigenvalue weighted by Crippen LogP contribution is -2.25. The van der Waals surface area contributed by atoms with Crippen LogP contribution >= 0.6 is 0 Å². The molecule has 1 aliphatic rings. The first-order valence-electron chi connectivity index (χ1n) is 8.77. The normalized spacial score (nSPS) is 13.8. The Kier molecular flexibility index (Phi) is 5.28. The molecule has 0 N–H and O–H groups in total. The summed E-state index contributed by atoms with van der Waals surface area (Å²) in [6, 6.07) is 13.4. The highest BCUT2D eigenvalue weighted by atomic mass is 32.2. The molecule has 0 atom stereocenters. The standard InChI is InChI=1S/C21H24N2O2S/c1-4-11-23-17(3)22-13-20-12-19(9-10-21(20)23)15-26(24,25)14-18-7-5-16(2)6-8-18/h5-10,12-13H,3-4,11,14-15H2,1-2H3. The van der Waals surface area contributed by atoms with E-state index in [0.29, 0.717) is 0 Å². The monoisotopic (exact) mass is 368 g/mol. The quantitative estimate of drug-likeness (QED) is 0.767. The summed E-state index contributed by atoms with van der Waals surface area (Å²) in [5, 5.41) is 0. The van der Waals surface area contributed by atoms with E-state index in [0.717, 1.165) is 46.7 Å². The fourth-order valence-electron chi connectivity index (χ4n) is 3.11. The van der Waals surface area contributed by atoms with Crippen molar-refractivity contribution in [2.75, 3.05) is 11.4 Å². The van der Waals surface area contributed by atoms with E-state index in [9.17, 15) is 8.42 Å². The average Bonchev–Trinajstić information content (AvgIpc) is 2.59. The van der Waals surface area contributed by atoms with Gasteiger partial charge in [-0.1, -0.05) is 49.4 Å². The minimum Gasteiger partial charge on any atom is -0.326 e. The second-order valence-electron chi connectivity index (χ2n) is 6.74. The number of hydrogen-bond acceptors (Lipinski definition) is 4. The molecule has 0 aromatic heterocycles. The van der Waals surface area contributed by atoms with Crippen molar-refractivity contribution in [1.82, 2.24) is 0 Å². The number of sulfone groups is 1. The summed E-state index contributed by atoms with van der Waals surface area (Å²) < 4.78 is 25.2. The SMILES string of the molecule is C=C1N=Cc2cc(CS(=O)(=O)Cc3ccc(C)cc3)ccc2N1CCC. The average molecular weight is 369 g/mol. The van der Waals surface area contributed by atoms with Crippen molar-refractivity contribution in [1.29, 1.82) is 0 Å². The first-order valence-corrected chi connectivity index (χ1v) is 10.6. The summed E-state index contributed by atoms with van der Waals surface area (Å²) in [5.74, 6) is 0.799. The molecule has 2 aromatic rings. The van der Waals surface area contributed by atoms with Gasteiger partial charge in [-0.3, -0.25) is 0 Å². The number of nitrogens with zero attached hydrogens (tertiary/aromatic N) is 2. The van der Waals surface area contributed by atoms with Crippen molar-refractivity contribution in [2.45, 2.75) is 31.8 Å². The maximum absolute atomic E-state index is 12.6. The zero-order valence-corrected chi connectivity index (χ0v) is 16.1. The summed E-state index contributed by atoms with van der Waals surface area (Å²) in [6.07, 6.45) is 2.75. The van der Waals surface area contributed by atoms with Crippen LogP contribution in [0.15, 0.2) is 59.9 Å². The molecule has 0 fully saturated rings. The molecule has 5 heteroatoms. The van der Waals surface area contributed by atoms with Gasteiger partial charge in [0.1, 0.15) is 5.82 Å². The van der Waals surface area contributed by atoms with Crippen LogP contribution in [0, 0.1) is 6.92 Å². The Morgan fingerprint density at radius 1 is 1.04 bits per heavy atom. The van der Waals surface area contributed by atoms with Gasteiger partial charge in [0.15, 0.2) is 9.84 Å². The number of rotatable bonds is 6. The van der Waals surface area contributed by atoms with E-state index in [1.807, 2.05) is 49.4 Å². The largest absolute Gasteiger partial charge is 0.326 e. The van der Waals surface area contributed by atoms with Gasteiger partial charge < -0.3 is 4.90 Å². The first kappa shape index (κ1) is 18.4. The van der Waals surface area contributed by atoms with Crippen molar-refractivity contribution in [3.05, 3.63) is 77.1 Å². The van der Waals surface area contributed by atoms with Crippen LogP contribution in [0.2, 0.25) is 0 Å². The molecule has 4 nitrogen and oxygen atoms in total. The minimum atomic E-state index is -3.24. The fraction of sp³-hybridized carbons (Fsp3) is 0.286. The number of benzene rings is 2. The molecular formula is C21H24N2O2S. The van der Waals surface area contributed by atoms with Crippen molar-refractivity contribution in [3.8, 4) is 0 Å². The Bertz CT molecular complexity index is 944. The van der Waals surface area contributed by atoms with E-state index >= 15 is 0 Å². The second kappa shape index (κ2) is 7.46. The molecule has 0 saturated carbocycles. The molecule has 0 saturated heterocycles. The number of aliphatic imine (C=N–C) groups is 1. The predicted octanol–water partition coefficient (Wildman–Crippen LogP) is 4.23. The van der Waals surface area contributed by atoms with Crippen molar-refractivity contribution in [2.24, 2.45) is 4.99 Å². The Morgan fingerprint density at radius 3 is 2.38 bits per heavy atom. The molecule has 26 heavy (non-hydrogen) atoms. The van der Waals surface area contributed by atoms with Gasteiger partial charge in [-0.15, -0.1) is 0 Å². The highest BCUT2D eigenvalue weighted by Gasteiger charge is 2.19. The van der Waals surface area contributed by atoms with E-state index in [1.165, 1.54) is 0 Å². The lowest BCUT2D eigenvalue weighted by Gasteiger charge is -2.28. The molecule has 0 amide bonds. The third kappa shape index (κ3) is 4.22. The van der Waals surface area contributed by atoms with Gasteiger partial charge >= 0.3 is 0 Å². The van der Waals surface area contributed by atoms with Gasteiger partial charge in [-0.2, -0.15) is 0 Å². The van der Waals surface area contributed by atoms with E-state index in [1.54, 1.807) is 6.21 Å². The van der Waals surface area contributed by atoms with E-state index < -0.39 is 9.84 Å². The Labute approximate surface area is 155 Å². The number of aryl methyl sites for hydroxylation is 1. The highest BCUT2D eigenvalue weighted by Crippen LogP contribution is 2.29. The Morgan fingerprint density at radius 2 is 1.69 bits per heavy atom. The molecule has 0 spiro atoms. The van der Waals surface area contributed by atoms with E-state index in [2.05, 4.69) is 23.4 Å². The van der Waals surface area contributed by atoms with Crippen molar-refractivity contribution >= 4 is 21.7 Å². The molecule has 136 valence electrons. The van der Waals surface area contributed by atoms with Crippen LogP contribution in [-0.2, 0) is 21.3 Å². The molecule has 0 radical (unpaired) electrons. The molecule has 2 aromatic carbocycles. The molecule has 1 heterocycles. The second-order valence-corrected chi connectivity index (χ2v) is 8.80. The number of fused-ring (bicyclic) bond motifs is 1. The number of anilines is 1. The number of hydrogen-bond donors (Lipinski definition) is 0. The Balaban J connectivity index is 1.80. The lowest BCUT2D eigenvalue weighted by molar-refractivity contribution is 0.594. The van der Waals surface area contributed by atoms with Crippen LogP contribution < -0.4 is 4.90 Å². The summed E-state index contributed by atoms with van der Waals surface area (Å²) in [4.78, 5) is 6.41. The summed E-state index contributed by atoms with van der Waals surface area (Å²) in [6.45, 7) is 8.92. The van der Waals surface area contributed by atoms with Crippen LogP contribution in [-0.4, -0.2) is 21.2 Å². The first-order chi connectivity index (χ1) is 12.4. The fourth-order valence-corrected chi connectivity index (χ4v) is 4.60. The maximum Gasteiger partial charge on any atom is 0.158 e. The van der Waals surface area contributed by atoms with Gasteiger partial charge in [0, 0.05) is 18.3 Å². The topological polar surface area (TPSA) is 49.7 Å². The summed E-state index contributed by atoms with van der Waals surface area (Å²) in [7, 11) is -3.24. The van der Waals surface area contributed by atoms with Crippen molar-refractivity contribution in [3.63, 3.8) is 0 Å². The summed E-state index contributed by atoms with van der Waals surface area (Å²) >= 11 is 0. The zero-order chi connectivity index (χ0) is 18.7. The van der Waals surface area contributed by atoms with Crippen molar-refractivity contribution < 1.29 is 8.42 Å². The zero-order valence-electron chi connectivity index (χ0n) is 15.3. The maximum atomic E-state index is 12.6. The van der Waals surface area contributed by atoms with Crippen LogP contribution in [0.4, 0.5) is 5.69 Å². The third-order valence-corrected chi connectivity index (χ3v) is 5.93. The molecule has 0 aliphatic carbocycles. The molecule has 1 aliphatic heterocycles. The van der Waals surface area contributed by atoms with Gasteiger partial charge in [0.05, 0.1) is 17.2 Å². The Hall–Kier alpha value is -2.40. The molecule has 0 bridgehead atoms. The summed E-state index contributed by atoms with van der Waals surface area (Å²) in [5.41, 5.74) is 4.70. The van der Waals surface area contributed by atoms with Crippen LogP contribution in [0.5, 0.6) is 0 Å². The van der Waals surface area contributed by atoms with Gasteiger partial charge in [-0.05, 0) is 36.6 Å². The van der Waals surface area contributed by atoms with Crippen LogP contribution in [0.25, 0.3) is 0 Å². The van der Waals surface area contributed by atoms with Gasteiger partial charge in [0.2, 0.25) is 0 Å². The third-order valence-electron chi connectivity index (χ3n) is 4.39. The molecule has 3 rings (SSSR count). The van der Waals surface area contributed by atoms with Crippen LogP contribution in [0.3, 0.4) is 0 Å². The van der Waals surface area contributed by atoms with Gasteiger partial charge in [0.25, 0.3) is 0 Å². The molecular weight excluding hydrogens is 344 g/mol.